The highest BCUT2D eigenvalue weighted by atomic mass is 32.2. The average Bonchev–Trinajstić information content (AvgIpc) is 3.69. The molecule has 1 atom stereocenters. The van der Waals surface area contributed by atoms with E-state index in [-0.39, 0.29) is 10.8 Å². The van der Waals surface area contributed by atoms with Crippen LogP contribution in [0.2, 0.25) is 0 Å². The molecule has 1 aliphatic carbocycles. The van der Waals surface area contributed by atoms with Crippen LogP contribution in [0, 0.1) is 5.92 Å². The molecule has 0 spiro atoms. The molecule has 2 fully saturated rings. The highest BCUT2D eigenvalue weighted by molar-refractivity contribution is 7.89. The van der Waals surface area contributed by atoms with E-state index in [1.807, 2.05) is 36.4 Å². The summed E-state index contributed by atoms with van der Waals surface area (Å²) in [5.74, 6) is 0.414. The fraction of sp³-hybridized carbons (Fsp3) is 0.387. The normalized spacial score (nSPS) is 17.4. The van der Waals surface area contributed by atoms with E-state index in [2.05, 4.69) is 20.2 Å². The Kier molecular flexibility index (Phi) is 8.41. The molecule has 3 heterocycles. The third kappa shape index (κ3) is 6.13. The lowest BCUT2D eigenvalue weighted by Crippen LogP contribution is -2.48. The van der Waals surface area contributed by atoms with E-state index in [1.54, 1.807) is 41.7 Å². The standard InChI is InChI=1S/C31H35N5O4S2/c1-40-28-16-15-27-30(33-28)41-31(32-27)34-29(37)26(21-22-7-5-6-8-22)23-11-13-25(14-12-23)42(38,39)36-19-17-35(18-20-36)24-9-3-2-4-10-24/h2-4,9-16,22,26H,5-8,17-21H2,1H3,(H,32,34,37). The molecule has 0 radical (unpaired) electrons. The number of thiazole rings is 1. The largest absolute Gasteiger partial charge is 0.481 e. The van der Waals surface area contributed by atoms with Gasteiger partial charge in [0.15, 0.2) is 5.13 Å². The minimum absolute atomic E-state index is 0.138. The second-order valence-corrected chi connectivity index (χ2v) is 13.8. The number of hydrogen-bond acceptors (Lipinski definition) is 8. The van der Waals surface area contributed by atoms with Gasteiger partial charge in [0, 0.05) is 37.9 Å². The summed E-state index contributed by atoms with van der Waals surface area (Å²) in [5.41, 5.74) is 2.61. The molecule has 11 heteroatoms. The summed E-state index contributed by atoms with van der Waals surface area (Å²) in [4.78, 5) is 25.8. The Morgan fingerprint density at radius 1 is 0.976 bits per heavy atom. The zero-order valence-electron chi connectivity index (χ0n) is 23.6. The number of aromatic nitrogens is 2. The number of ether oxygens (including phenoxy) is 1. The van der Waals surface area contributed by atoms with Gasteiger partial charge in [-0.1, -0.05) is 67.4 Å². The van der Waals surface area contributed by atoms with Gasteiger partial charge in [0.2, 0.25) is 21.8 Å². The Labute approximate surface area is 250 Å². The first-order valence-electron chi connectivity index (χ1n) is 14.4. The number of nitrogens with zero attached hydrogens (tertiary/aromatic N) is 4. The second-order valence-electron chi connectivity index (χ2n) is 10.9. The van der Waals surface area contributed by atoms with Crippen molar-refractivity contribution in [2.24, 2.45) is 5.92 Å². The first-order chi connectivity index (χ1) is 20.4. The molecule has 42 heavy (non-hydrogen) atoms. The van der Waals surface area contributed by atoms with Crippen molar-refractivity contribution in [1.82, 2.24) is 14.3 Å². The minimum Gasteiger partial charge on any atom is -0.481 e. The molecular formula is C31H35N5O4S2. The maximum absolute atomic E-state index is 13.7. The van der Waals surface area contributed by atoms with Crippen LogP contribution in [0.15, 0.2) is 71.6 Å². The van der Waals surface area contributed by atoms with Crippen molar-refractivity contribution in [3.8, 4) is 5.88 Å². The van der Waals surface area contributed by atoms with Gasteiger partial charge in [-0.25, -0.2) is 18.4 Å². The number of amides is 1. The van der Waals surface area contributed by atoms with Crippen molar-refractivity contribution in [1.29, 1.82) is 0 Å². The zero-order chi connectivity index (χ0) is 29.1. The zero-order valence-corrected chi connectivity index (χ0v) is 25.2. The molecule has 1 amide bonds. The van der Waals surface area contributed by atoms with Crippen molar-refractivity contribution in [2.45, 2.75) is 42.9 Å². The molecular weight excluding hydrogens is 571 g/mol. The number of para-hydroxylation sites is 1. The van der Waals surface area contributed by atoms with Crippen LogP contribution >= 0.6 is 11.3 Å². The summed E-state index contributed by atoms with van der Waals surface area (Å²) in [6.07, 6.45) is 5.29. The molecule has 1 saturated carbocycles. The number of methoxy groups -OCH3 is 1. The molecule has 4 aromatic rings. The Balaban J connectivity index is 1.17. The van der Waals surface area contributed by atoms with Gasteiger partial charge in [-0.3, -0.25) is 4.79 Å². The van der Waals surface area contributed by atoms with Gasteiger partial charge in [0.05, 0.1) is 17.9 Å². The quantitative estimate of drug-likeness (QED) is 0.268. The Bertz CT molecular complexity index is 1630. The molecule has 0 bridgehead atoms. The van der Waals surface area contributed by atoms with Gasteiger partial charge in [0.25, 0.3) is 0 Å². The number of nitrogens with one attached hydrogen (secondary N) is 1. The number of sulfonamides is 1. The van der Waals surface area contributed by atoms with Gasteiger partial charge in [-0.15, -0.1) is 0 Å². The van der Waals surface area contributed by atoms with E-state index in [0.29, 0.717) is 53.5 Å². The maximum Gasteiger partial charge on any atom is 0.243 e. The van der Waals surface area contributed by atoms with Crippen LogP contribution in [0.1, 0.15) is 43.6 Å². The Hall–Kier alpha value is -3.54. The first kappa shape index (κ1) is 28.6. The number of piperazine rings is 1. The number of pyridine rings is 1. The van der Waals surface area contributed by atoms with Gasteiger partial charge >= 0.3 is 0 Å². The highest BCUT2D eigenvalue weighted by Gasteiger charge is 2.31. The summed E-state index contributed by atoms with van der Waals surface area (Å²) in [6, 6.07) is 20.5. The molecule has 220 valence electrons. The van der Waals surface area contributed by atoms with Crippen molar-refractivity contribution in [3.05, 3.63) is 72.3 Å². The number of fused-ring (bicyclic) bond motifs is 1. The van der Waals surface area contributed by atoms with Crippen molar-refractivity contribution in [3.63, 3.8) is 0 Å². The fourth-order valence-electron chi connectivity index (χ4n) is 5.98. The van der Waals surface area contributed by atoms with E-state index in [0.717, 1.165) is 30.5 Å². The molecule has 1 N–H and O–H groups in total. The highest BCUT2D eigenvalue weighted by Crippen LogP contribution is 2.36. The molecule has 2 aromatic carbocycles. The van der Waals surface area contributed by atoms with Crippen LogP contribution in [0.25, 0.3) is 10.3 Å². The predicted molar refractivity (Wildman–Crippen MR) is 166 cm³/mol. The number of carbonyl (C=O) groups is 1. The van der Waals surface area contributed by atoms with Crippen LogP contribution in [0.4, 0.5) is 10.8 Å². The third-order valence-electron chi connectivity index (χ3n) is 8.31. The number of anilines is 2. The molecule has 1 unspecified atom stereocenters. The lowest BCUT2D eigenvalue weighted by atomic mass is 9.87. The molecule has 6 rings (SSSR count). The van der Waals surface area contributed by atoms with Crippen LogP contribution in [0.3, 0.4) is 0 Å². The van der Waals surface area contributed by atoms with Crippen LogP contribution in [-0.2, 0) is 14.8 Å². The fourth-order valence-corrected chi connectivity index (χ4v) is 8.24. The minimum atomic E-state index is -3.64. The van der Waals surface area contributed by atoms with Gasteiger partial charge < -0.3 is 15.0 Å². The van der Waals surface area contributed by atoms with E-state index in [1.165, 1.54) is 24.2 Å². The summed E-state index contributed by atoms with van der Waals surface area (Å²) < 4.78 is 33.8. The lowest BCUT2D eigenvalue weighted by molar-refractivity contribution is -0.118. The SMILES string of the molecule is COc1ccc2nc(NC(=O)C(CC3CCCC3)c3ccc(S(=O)(=O)N4CCN(c5ccccc5)CC4)cc3)sc2n1. The first-order valence-corrected chi connectivity index (χ1v) is 16.7. The van der Waals surface area contributed by atoms with E-state index < -0.39 is 15.9 Å². The predicted octanol–water partition coefficient (Wildman–Crippen LogP) is 5.51. The average molecular weight is 606 g/mol. The van der Waals surface area contributed by atoms with Crippen molar-refractivity contribution in [2.75, 3.05) is 43.5 Å². The smallest absolute Gasteiger partial charge is 0.243 e. The van der Waals surface area contributed by atoms with Crippen molar-refractivity contribution >= 4 is 48.4 Å². The summed E-state index contributed by atoms with van der Waals surface area (Å²) in [5, 5.41) is 3.50. The third-order valence-corrected chi connectivity index (χ3v) is 11.1. The lowest BCUT2D eigenvalue weighted by Gasteiger charge is -2.35. The second kappa shape index (κ2) is 12.4. The maximum atomic E-state index is 13.7. The Morgan fingerprint density at radius 2 is 1.69 bits per heavy atom. The number of hydrogen-bond donors (Lipinski definition) is 1. The Morgan fingerprint density at radius 3 is 2.38 bits per heavy atom. The number of rotatable bonds is 9. The molecule has 9 nitrogen and oxygen atoms in total. The molecule has 2 aromatic heterocycles. The topological polar surface area (TPSA) is 105 Å². The summed E-state index contributed by atoms with van der Waals surface area (Å²) in [6.45, 7) is 2.13. The molecule has 2 aliphatic rings. The molecule has 1 saturated heterocycles. The summed E-state index contributed by atoms with van der Waals surface area (Å²) >= 11 is 1.31. The van der Waals surface area contributed by atoms with Crippen molar-refractivity contribution < 1.29 is 17.9 Å². The van der Waals surface area contributed by atoms with Crippen LogP contribution < -0.4 is 15.0 Å². The van der Waals surface area contributed by atoms with E-state index in [9.17, 15) is 13.2 Å². The summed E-state index contributed by atoms with van der Waals surface area (Å²) in [7, 11) is -2.08. The number of carbonyl (C=O) groups excluding carboxylic acids is 1. The van der Waals surface area contributed by atoms with Gasteiger partial charge in [0.1, 0.15) is 10.3 Å². The van der Waals surface area contributed by atoms with Crippen LogP contribution in [0.5, 0.6) is 5.88 Å². The van der Waals surface area contributed by atoms with Gasteiger partial charge in [-0.05, 0) is 48.2 Å². The van der Waals surface area contributed by atoms with E-state index in [4.69, 9.17) is 4.74 Å². The van der Waals surface area contributed by atoms with E-state index >= 15 is 0 Å². The molecule has 1 aliphatic heterocycles. The number of benzene rings is 2. The van der Waals surface area contributed by atoms with Crippen LogP contribution in [-0.4, -0.2) is 61.9 Å². The van der Waals surface area contributed by atoms with Gasteiger partial charge in [-0.2, -0.15) is 4.31 Å². The monoisotopic (exact) mass is 605 g/mol.